The molecule has 0 aliphatic heterocycles. The van der Waals surface area contributed by atoms with Crippen molar-refractivity contribution in [3.63, 3.8) is 0 Å². The number of hydrogen-bond donors (Lipinski definition) is 2. The zero-order chi connectivity index (χ0) is 17.0. The van der Waals surface area contributed by atoms with E-state index in [4.69, 9.17) is 0 Å². The van der Waals surface area contributed by atoms with Gasteiger partial charge in [0.05, 0.1) is 11.2 Å². The number of rotatable bonds is 6. The lowest BCUT2D eigenvalue weighted by Gasteiger charge is -2.29. The smallest absolute Gasteiger partial charge is 0.255 e. The summed E-state index contributed by atoms with van der Waals surface area (Å²) in [5.41, 5.74) is 1.12. The van der Waals surface area contributed by atoms with Crippen molar-refractivity contribution in [2.24, 2.45) is 13.0 Å². The highest BCUT2D eigenvalue weighted by atomic mass is 16.3. The van der Waals surface area contributed by atoms with Gasteiger partial charge in [-0.05, 0) is 12.8 Å². The van der Waals surface area contributed by atoms with Crippen LogP contribution in [0.15, 0.2) is 36.5 Å². The predicted octanol–water partition coefficient (Wildman–Crippen LogP) is 2.61. The Hall–Kier alpha value is -2.14. The molecule has 0 saturated carbocycles. The SMILES string of the molecule is CC[C@@H](C)[C@](C)(O)CNC(=O)c1cn(C)nc1-c1ccccc1. The van der Waals surface area contributed by atoms with Gasteiger partial charge in [-0.3, -0.25) is 9.48 Å². The van der Waals surface area contributed by atoms with Crippen LogP contribution in [0.4, 0.5) is 0 Å². The maximum Gasteiger partial charge on any atom is 0.255 e. The summed E-state index contributed by atoms with van der Waals surface area (Å²) >= 11 is 0. The first-order valence-electron chi connectivity index (χ1n) is 7.94. The topological polar surface area (TPSA) is 67.2 Å². The highest BCUT2D eigenvalue weighted by Crippen LogP contribution is 2.22. The third kappa shape index (κ3) is 3.99. The molecule has 1 aromatic heterocycles. The Morgan fingerprint density at radius 1 is 1.39 bits per heavy atom. The summed E-state index contributed by atoms with van der Waals surface area (Å²) in [6, 6.07) is 9.61. The normalized spacial score (nSPS) is 15.0. The van der Waals surface area contributed by atoms with E-state index in [0.29, 0.717) is 11.3 Å². The number of aromatic nitrogens is 2. The number of benzene rings is 1. The molecule has 1 amide bonds. The number of amides is 1. The summed E-state index contributed by atoms with van der Waals surface area (Å²) in [5, 5.41) is 17.7. The summed E-state index contributed by atoms with van der Waals surface area (Å²) in [6.07, 6.45) is 2.56. The number of aliphatic hydroxyl groups is 1. The molecule has 1 heterocycles. The molecule has 0 spiro atoms. The van der Waals surface area contributed by atoms with Gasteiger partial charge in [-0.15, -0.1) is 0 Å². The Labute approximate surface area is 137 Å². The van der Waals surface area contributed by atoms with Crippen LogP contribution in [0.3, 0.4) is 0 Å². The second-order valence-electron chi connectivity index (χ2n) is 6.28. The summed E-state index contributed by atoms with van der Waals surface area (Å²) < 4.78 is 1.63. The number of aryl methyl sites for hydroxylation is 1. The third-order valence-electron chi connectivity index (χ3n) is 4.40. The Kier molecular flexibility index (Phi) is 5.21. The van der Waals surface area contributed by atoms with Crippen molar-refractivity contribution in [3.05, 3.63) is 42.1 Å². The first-order valence-corrected chi connectivity index (χ1v) is 7.94. The lowest BCUT2D eigenvalue weighted by Crippen LogP contribution is -2.45. The lowest BCUT2D eigenvalue weighted by atomic mass is 9.88. The molecule has 124 valence electrons. The zero-order valence-electron chi connectivity index (χ0n) is 14.2. The summed E-state index contributed by atoms with van der Waals surface area (Å²) in [5.74, 6) is -0.120. The fourth-order valence-electron chi connectivity index (χ4n) is 2.43. The van der Waals surface area contributed by atoms with E-state index in [9.17, 15) is 9.90 Å². The molecular formula is C18H25N3O2. The van der Waals surface area contributed by atoms with Gasteiger partial charge in [0.15, 0.2) is 0 Å². The highest BCUT2D eigenvalue weighted by Gasteiger charge is 2.28. The van der Waals surface area contributed by atoms with Crippen LogP contribution >= 0.6 is 0 Å². The maximum atomic E-state index is 12.5. The molecule has 0 bridgehead atoms. The van der Waals surface area contributed by atoms with Crippen molar-refractivity contribution in [2.45, 2.75) is 32.8 Å². The molecule has 0 aliphatic carbocycles. The van der Waals surface area contributed by atoms with Gasteiger partial charge in [-0.1, -0.05) is 50.6 Å². The van der Waals surface area contributed by atoms with E-state index in [1.54, 1.807) is 24.9 Å². The van der Waals surface area contributed by atoms with Crippen LogP contribution in [-0.2, 0) is 7.05 Å². The number of nitrogens with one attached hydrogen (secondary N) is 1. The van der Waals surface area contributed by atoms with E-state index in [1.165, 1.54) is 0 Å². The zero-order valence-corrected chi connectivity index (χ0v) is 14.2. The Morgan fingerprint density at radius 3 is 2.65 bits per heavy atom. The molecule has 0 aliphatic rings. The fourth-order valence-corrected chi connectivity index (χ4v) is 2.43. The molecule has 2 N–H and O–H groups in total. The largest absolute Gasteiger partial charge is 0.388 e. The average molecular weight is 315 g/mol. The average Bonchev–Trinajstić information content (AvgIpc) is 2.94. The monoisotopic (exact) mass is 315 g/mol. The molecule has 2 aromatic rings. The lowest BCUT2D eigenvalue weighted by molar-refractivity contribution is 0.00593. The second kappa shape index (κ2) is 6.96. The maximum absolute atomic E-state index is 12.5. The van der Waals surface area contributed by atoms with Crippen LogP contribution in [0.25, 0.3) is 11.3 Å². The Morgan fingerprint density at radius 2 is 2.04 bits per heavy atom. The first-order chi connectivity index (χ1) is 10.8. The van der Waals surface area contributed by atoms with E-state index in [0.717, 1.165) is 12.0 Å². The summed E-state index contributed by atoms with van der Waals surface area (Å²) in [6.45, 7) is 5.97. The van der Waals surface area contributed by atoms with E-state index < -0.39 is 5.60 Å². The Bertz CT molecular complexity index is 662. The molecule has 0 saturated heterocycles. The van der Waals surface area contributed by atoms with Gasteiger partial charge < -0.3 is 10.4 Å². The van der Waals surface area contributed by atoms with Gasteiger partial charge in [0.2, 0.25) is 0 Å². The van der Waals surface area contributed by atoms with E-state index in [1.807, 2.05) is 44.2 Å². The number of carbonyl (C=O) groups excluding carboxylic acids is 1. The standard InChI is InChI=1S/C18H25N3O2/c1-5-13(2)18(3,23)12-19-17(22)15-11-21(4)20-16(15)14-9-7-6-8-10-14/h6-11,13,23H,5,12H2,1-4H3,(H,19,22)/t13-,18-/m1/s1. The third-order valence-corrected chi connectivity index (χ3v) is 4.40. The minimum Gasteiger partial charge on any atom is -0.388 e. The minimum atomic E-state index is -0.931. The molecule has 2 atom stereocenters. The molecule has 1 aromatic carbocycles. The summed E-state index contributed by atoms with van der Waals surface area (Å²) in [7, 11) is 1.79. The van der Waals surface area contributed by atoms with Crippen molar-refractivity contribution in [3.8, 4) is 11.3 Å². The molecule has 0 radical (unpaired) electrons. The predicted molar refractivity (Wildman–Crippen MR) is 91.1 cm³/mol. The van der Waals surface area contributed by atoms with Gasteiger partial charge in [0.25, 0.3) is 5.91 Å². The van der Waals surface area contributed by atoms with Crippen LogP contribution in [0.5, 0.6) is 0 Å². The molecule has 5 nitrogen and oxygen atoms in total. The fraction of sp³-hybridized carbons (Fsp3) is 0.444. The molecule has 23 heavy (non-hydrogen) atoms. The number of carbonyl (C=O) groups is 1. The van der Waals surface area contributed by atoms with Crippen molar-refractivity contribution >= 4 is 5.91 Å². The van der Waals surface area contributed by atoms with Crippen molar-refractivity contribution in [1.29, 1.82) is 0 Å². The van der Waals surface area contributed by atoms with E-state index in [-0.39, 0.29) is 18.4 Å². The second-order valence-corrected chi connectivity index (χ2v) is 6.28. The summed E-state index contributed by atoms with van der Waals surface area (Å²) in [4.78, 5) is 12.5. The van der Waals surface area contributed by atoms with Crippen molar-refractivity contribution in [1.82, 2.24) is 15.1 Å². The van der Waals surface area contributed by atoms with Gasteiger partial charge >= 0.3 is 0 Å². The van der Waals surface area contributed by atoms with E-state index in [2.05, 4.69) is 10.4 Å². The van der Waals surface area contributed by atoms with E-state index >= 15 is 0 Å². The quantitative estimate of drug-likeness (QED) is 0.861. The molecule has 2 rings (SSSR count). The highest BCUT2D eigenvalue weighted by molar-refractivity contribution is 5.99. The van der Waals surface area contributed by atoms with Crippen LogP contribution in [-0.4, -0.2) is 32.9 Å². The van der Waals surface area contributed by atoms with Crippen LogP contribution in [0.1, 0.15) is 37.6 Å². The Balaban J connectivity index is 2.18. The first kappa shape index (κ1) is 17.2. The molecule has 0 unspecified atom stereocenters. The van der Waals surface area contributed by atoms with Crippen LogP contribution in [0, 0.1) is 5.92 Å². The minimum absolute atomic E-state index is 0.102. The van der Waals surface area contributed by atoms with Crippen molar-refractivity contribution < 1.29 is 9.90 Å². The van der Waals surface area contributed by atoms with Crippen LogP contribution < -0.4 is 5.32 Å². The van der Waals surface area contributed by atoms with Crippen LogP contribution in [0.2, 0.25) is 0 Å². The number of hydrogen-bond acceptors (Lipinski definition) is 3. The van der Waals surface area contributed by atoms with Crippen molar-refractivity contribution in [2.75, 3.05) is 6.54 Å². The van der Waals surface area contributed by atoms with Gasteiger partial charge in [0.1, 0.15) is 5.69 Å². The molecule has 5 heteroatoms. The molecule has 0 fully saturated rings. The molecular weight excluding hydrogens is 290 g/mol. The van der Waals surface area contributed by atoms with Gasteiger partial charge in [0, 0.05) is 25.4 Å². The number of nitrogens with zero attached hydrogens (tertiary/aromatic N) is 2. The van der Waals surface area contributed by atoms with Gasteiger partial charge in [-0.2, -0.15) is 5.10 Å². The van der Waals surface area contributed by atoms with Gasteiger partial charge in [-0.25, -0.2) is 0 Å².